The number of hydrogen-bond acceptors (Lipinski definition) is 3. The van der Waals surface area contributed by atoms with Gasteiger partial charge in [0.2, 0.25) is 5.91 Å². The molecule has 1 amide bonds. The summed E-state index contributed by atoms with van der Waals surface area (Å²) >= 11 is 0. The fraction of sp³-hybridized carbons (Fsp3) is 0.316. The molecule has 2 N–H and O–H groups in total. The molecular weight excluding hydrogens is 286 g/mol. The van der Waals surface area contributed by atoms with Crippen molar-refractivity contribution in [1.29, 1.82) is 0 Å². The van der Waals surface area contributed by atoms with Gasteiger partial charge in [-0.2, -0.15) is 0 Å². The number of amides is 1. The highest BCUT2D eigenvalue weighted by Gasteiger charge is 2.32. The number of aryl methyl sites for hydroxylation is 1. The van der Waals surface area contributed by atoms with Crippen LogP contribution >= 0.6 is 0 Å². The SMILES string of the molecule is CCN(C(=O)C1CC(c2ccc(C)cc2)NN1)c1ccccc1. The molecule has 0 spiro atoms. The number of para-hydroxylation sites is 1. The zero-order chi connectivity index (χ0) is 16.2. The Morgan fingerprint density at radius 3 is 2.43 bits per heavy atom. The van der Waals surface area contributed by atoms with Gasteiger partial charge in [-0.3, -0.25) is 4.79 Å². The van der Waals surface area contributed by atoms with Crippen molar-refractivity contribution in [2.24, 2.45) is 0 Å². The minimum absolute atomic E-state index is 0.112. The lowest BCUT2D eigenvalue weighted by molar-refractivity contribution is -0.120. The second kappa shape index (κ2) is 6.94. The van der Waals surface area contributed by atoms with E-state index in [0.717, 1.165) is 12.1 Å². The standard InChI is InChI=1S/C19H23N3O/c1-3-22(16-7-5-4-6-8-16)19(23)18-13-17(20-21-18)15-11-9-14(2)10-12-15/h4-12,17-18,20-21H,3,13H2,1-2H3. The van der Waals surface area contributed by atoms with Gasteiger partial charge in [0, 0.05) is 18.3 Å². The maximum absolute atomic E-state index is 12.8. The topological polar surface area (TPSA) is 44.4 Å². The van der Waals surface area contributed by atoms with Gasteiger partial charge >= 0.3 is 0 Å². The van der Waals surface area contributed by atoms with Crippen LogP contribution in [0.1, 0.15) is 30.5 Å². The molecule has 0 radical (unpaired) electrons. The molecule has 1 heterocycles. The van der Waals surface area contributed by atoms with Crippen LogP contribution < -0.4 is 15.8 Å². The third-order valence-corrected chi connectivity index (χ3v) is 4.33. The van der Waals surface area contributed by atoms with E-state index in [1.807, 2.05) is 42.2 Å². The van der Waals surface area contributed by atoms with Gasteiger partial charge in [-0.1, -0.05) is 48.0 Å². The number of hydrazine groups is 1. The first kappa shape index (κ1) is 15.7. The molecule has 23 heavy (non-hydrogen) atoms. The Balaban J connectivity index is 1.70. The fourth-order valence-electron chi connectivity index (χ4n) is 3.00. The van der Waals surface area contributed by atoms with Crippen molar-refractivity contribution in [1.82, 2.24) is 10.9 Å². The van der Waals surface area contributed by atoms with Crippen molar-refractivity contribution in [3.8, 4) is 0 Å². The Morgan fingerprint density at radius 1 is 1.09 bits per heavy atom. The molecule has 0 aromatic heterocycles. The van der Waals surface area contributed by atoms with Gasteiger partial charge in [-0.15, -0.1) is 0 Å². The number of carbonyl (C=O) groups excluding carboxylic acids is 1. The average molecular weight is 309 g/mol. The van der Waals surface area contributed by atoms with E-state index < -0.39 is 0 Å². The van der Waals surface area contributed by atoms with Crippen molar-refractivity contribution >= 4 is 11.6 Å². The first-order valence-corrected chi connectivity index (χ1v) is 8.13. The van der Waals surface area contributed by atoms with Crippen LogP contribution in [0.3, 0.4) is 0 Å². The molecule has 0 aliphatic carbocycles. The molecule has 2 unspecified atom stereocenters. The highest BCUT2D eigenvalue weighted by atomic mass is 16.2. The predicted molar refractivity (Wildman–Crippen MR) is 93.1 cm³/mol. The van der Waals surface area contributed by atoms with E-state index >= 15 is 0 Å². The Hall–Kier alpha value is -2.17. The number of rotatable bonds is 4. The second-order valence-electron chi connectivity index (χ2n) is 5.96. The highest BCUT2D eigenvalue weighted by Crippen LogP contribution is 2.24. The van der Waals surface area contributed by atoms with Gasteiger partial charge in [-0.05, 0) is 38.0 Å². The van der Waals surface area contributed by atoms with E-state index in [0.29, 0.717) is 6.54 Å². The maximum Gasteiger partial charge on any atom is 0.245 e. The molecule has 3 rings (SSSR count). The fourth-order valence-corrected chi connectivity index (χ4v) is 3.00. The van der Waals surface area contributed by atoms with Crippen molar-refractivity contribution in [3.05, 3.63) is 65.7 Å². The summed E-state index contributed by atoms with van der Waals surface area (Å²) in [7, 11) is 0. The van der Waals surface area contributed by atoms with Gasteiger partial charge < -0.3 is 4.90 Å². The van der Waals surface area contributed by atoms with Crippen LogP contribution in [0.5, 0.6) is 0 Å². The summed E-state index contributed by atoms with van der Waals surface area (Å²) < 4.78 is 0. The van der Waals surface area contributed by atoms with Crippen molar-refractivity contribution < 1.29 is 4.79 Å². The van der Waals surface area contributed by atoms with Gasteiger partial charge in [0.15, 0.2) is 0 Å². The van der Waals surface area contributed by atoms with Crippen LogP contribution in [0.2, 0.25) is 0 Å². The Kier molecular flexibility index (Phi) is 4.74. The predicted octanol–water partition coefficient (Wildman–Crippen LogP) is 2.96. The van der Waals surface area contributed by atoms with Crippen molar-refractivity contribution in [2.45, 2.75) is 32.4 Å². The summed E-state index contributed by atoms with van der Waals surface area (Å²) in [5.41, 5.74) is 9.82. The molecular formula is C19H23N3O. The van der Waals surface area contributed by atoms with Crippen LogP contribution in [-0.4, -0.2) is 18.5 Å². The van der Waals surface area contributed by atoms with E-state index in [9.17, 15) is 4.79 Å². The zero-order valence-corrected chi connectivity index (χ0v) is 13.6. The average Bonchev–Trinajstić information content (AvgIpc) is 3.07. The van der Waals surface area contributed by atoms with E-state index in [-0.39, 0.29) is 18.0 Å². The third-order valence-electron chi connectivity index (χ3n) is 4.33. The van der Waals surface area contributed by atoms with Crippen LogP contribution in [0.25, 0.3) is 0 Å². The number of carbonyl (C=O) groups is 1. The number of nitrogens with zero attached hydrogens (tertiary/aromatic N) is 1. The summed E-state index contributed by atoms with van der Waals surface area (Å²) in [5, 5.41) is 0. The summed E-state index contributed by atoms with van der Waals surface area (Å²) in [5.74, 6) is 0.112. The summed E-state index contributed by atoms with van der Waals surface area (Å²) in [6.45, 7) is 4.75. The molecule has 1 saturated heterocycles. The van der Waals surface area contributed by atoms with Crippen molar-refractivity contribution in [3.63, 3.8) is 0 Å². The minimum Gasteiger partial charge on any atom is -0.311 e. The Bertz CT molecular complexity index is 654. The van der Waals surface area contributed by atoms with E-state index in [1.165, 1.54) is 11.1 Å². The van der Waals surface area contributed by atoms with Crippen LogP contribution in [-0.2, 0) is 4.79 Å². The first-order valence-electron chi connectivity index (χ1n) is 8.13. The maximum atomic E-state index is 12.8. The molecule has 1 aliphatic rings. The number of nitrogens with one attached hydrogen (secondary N) is 2. The summed E-state index contributed by atoms with van der Waals surface area (Å²) in [6.07, 6.45) is 0.755. The minimum atomic E-state index is -0.207. The number of anilines is 1. The van der Waals surface area contributed by atoms with Gasteiger partial charge in [0.1, 0.15) is 6.04 Å². The van der Waals surface area contributed by atoms with Gasteiger partial charge in [-0.25, -0.2) is 10.9 Å². The normalized spacial score (nSPS) is 20.4. The van der Waals surface area contributed by atoms with Crippen LogP contribution in [0.4, 0.5) is 5.69 Å². The van der Waals surface area contributed by atoms with E-state index in [4.69, 9.17) is 0 Å². The number of hydrogen-bond donors (Lipinski definition) is 2. The molecule has 1 fully saturated rings. The Labute approximate surface area is 137 Å². The molecule has 0 bridgehead atoms. The molecule has 2 atom stereocenters. The molecule has 1 aliphatic heterocycles. The van der Waals surface area contributed by atoms with Crippen molar-refractivity contribution in [2.75, 3.05) is 11.4 Å². The lowest BCUT2D eigenvalue weighted by Gasteiger charge is -2.24. The molecule has 2 aromatic carbocycles. The van der Waals surface area contributed by atoms with E-state index in [1.54, 1.807) is 0 Å². The smallest absolute Gasteiger partial charge is 0.245 e. The first-order chi connectivity index (χ1) is 11.2. The molecule has 120 valence electrons. The monoisotopic (exact) mass is 309 g/mol. The number of likely N-dealkylation sites (N-methyl/N-ethyl adjacent to an activating group) is 1. The van der Waals surface area contributed by atoms with Crippen LogP contribution in [0, 0.1) is 6.92 Å². The molecule has 4 heteroatoms. The largest absolute Gasteiger partial charge is 0.311 e. The summed E-state index contributed by atoms with van der Waals surface area (Å²) in [4.78, 5) is 14.7. The van der Waals surface area contributed by atoms with Gasteiger partial charge in [0.05, 0.1) is 0 Å². The molecule has 0 saturated carbocycles. The molecule has 4 nitrogen and oxygen atoms in total. The highest BCUT2D eigenvalue weighted by molar-refractivity contribution is 5.97. The van der Waals surface area contributed by atoms with Gasteiger partial charge in [0.25, 0.3) is 0 Å². The van der Waals surface area contributed by atoms with E-state index in [2.05, 4.69) is 42.0 Å². The summed E-state index contributed by atoms with van der Waals surface area (Å²) in [6, 6.07) is 18.2. The third kappa shape index (κ3) is 3.44. The Morgan fingerprint density at radius 2 is 1.78 bits per heavy atom. The lowest BCUT2D eigenvalue weighted by atomic mass is 10.0. The molecule has 2 aromatic rings. The zero-order valence-electron chi connectivity index (χ0n) is 13.6. The lowest BCUT2D eigenvalue weighted by Crippen LogP contribution is -2.45. The quantitative estimate of drug-likeness (QED) is 0.912. The second-order valence-corrected chi connectivity index (χ2v) is 5.96. The number of benzene rings is 2. The van der Waals surface area contributed by atoms with Crippen LogP contribution in [0.15, 0.2) is 54.6 Å².